The number of hydrogen-bond acceptors (Lipinski definition) is 2. The summed E-state index contributed by atoms with van der Waals surface area (Å²) in [6.45, 7) is 2.61. The van der Waals surface area contributed by atoms with E-state index >= 15 is 0 Å². The average Bonchev–Trinajstić information content (AvgIpc) is 1.97. The molecule has 0 aromatic heterocycles. The molecule has 0 amide bonds. The monoisotopic (exact) mass is 148 g/mol. The summed E-state index contributed by atoms with van der Waals surface area (Å²) >= 11 is 0. The van der Waals surface area contributed by atoms with E-state index in [-0.39, 0.29) is 6.67 Å². The SMILES string of the molecule is CNCCCNCCCF. The summed E-state index contributed by atoms with van der Waals surface area (Å²) in [4.78, 5) is 0. The topological polar surface area (TPSA) is 24.1 Å². The van der Waals surface area contributed by atoms with Crippen LogP contribution in [0.25, 0.3) is 0 Å². The smallest absolute Gasteiger partial charge is 0.0906 e. The minimum atomic E-state index is -0.209. The van der Waals surface area contributed by atoms with E-state index in [0.29, 0.717) is 6.42 Å². The number of hydrogen-bond donors (Lipinski definition) is 2. The van der Waals surface area contributed by atoms with Crippen LogP contribution in [0.15, 0.2) is 0 Å². The molecule has 10 heavy (non-hydrogen) atoms. The fourth-order valence-electron chi connectivity index (χ4n) is 0.707. The minimum Gasteiger partial charge on any atom is -0.320 e. The molecule has 0 atom stereocenters. The van der Waals surface area contributed by atoms with Gasteiger partial charge in [0.1, 0.15) is 0 Å². The number of rotatable bonds is 7. The normalized spacial score (nSPS) is 10.2. The Labute approximate surface area is 62.2 Å². The van der Waals surface area contributed by atoms with Gasteiger partial charge in [-0.2, -0.15) is 0 Å². The first-order valence-electron chi connectivity index (χ1n) is 3.83. The van der Waals surface area contributed by atoms with E-state index in [0.717, 1.165) is 26.1 Å². The summed E-state index contributed by atoms with van der Waals surface area (Å²) in [5.41, 5.74) is 0. The molecule has 0 aliphatic heterocycles. The van der Waals surface area contributed by atoms with Gasteiger partial charge in [-0.25, -0.2) is 0 Å². The molecule has 0 bridgehead atoms. The Hall–Kier alpha value is -0.150. The molecule has 0 saturated heterocycles. The highest BCUT2D eigenvalue weighted by Crippen LogP contribution is 1.77. The van der Waals surface area contributed by atoms with E-state index in [2.05, 4.69) is 10.6 Å². The maximum atomic E-state index is 11.5. The molecule has 3 heteroatoms. The van der Waals surface area contributed by atoms with Gasteiger partial charge in [0.25, 0.3) is 0 Å². The third kappa shape index (κ3) is 7.85. The van der Waals surface area contributed by atoms with Crippen LogP contribution < -0.4 is 10.6 Å². The molecule has 0 aliphatic carbocycles. The van der Waals surface area contributed by atoms with Crippen molar-refractivity contribution in [3.8, 4) is 0 Å². The highest BCUT2D eigenvalue weighted by atomic mass is 19.1. The van der Waals surface area contributed by atoms with Crippen LogP contribution in [0.3, 0.4) is 0 Å². The summed E-state index contributed by atoms with van der Waals surface area (Å²) in [5.74, 6) is 0. The lowest BCUT2D eigenvalue weighted by atomic mass is 10.4. The fourth-order valence-corrected chi connectivity index (χ4v) is 0.707. The number of halogens is 1. The summed E-state index contributed by atoms with van der Waals surface area (Å²) in [6.07, 6.45) is 1.75. The van der Waals surface area contributed by atoms with Crippen LogP contribution in [0.4, 0.5) is 4.39 Å². The molecule has 2 nitrogen and oxygen atoms in total. The van der Waals surface area contributed by atoms with E-state index in [1.165, 1.54) is 0 Å². The second-order valence-electron chi connectivity index (χ2n) is 2.25. The van der Waals surface area contributed by atoms with Gasteiger partial charge in [-0.15, -0.1) is 0 Å². The van der Waals surface area contributed by atoms with Crippen LogP contribution >= 0.6 is 0 Å². The number of nitrogens with one attached hydrogen (secondary N) is 2. The molecule has 0 rings (SSSR count). The van der Waals surface area contributed by atoms with Crippen molar-refractivity contribution in [1.82, 2.24) is 10.6 Å². The summed E-state index contributed by atoms with van der Waals surface area (Å²) in [7, 11) is 1.93. The van der Waals surface area contributed by atoms with Crippen molar-refractivity contribution in [2.45, 2.75) is 12.8 Å². The summed E-state index contributed by atoms with van der Waals surface area (Å²) in [6, 6.07) is 0. The van der Waals surface area contributed by atoms with Gasteiger partial charge < -0.3 is 10.6 Å². The molecular formula is C7H17FN2. The largest absolute Gasteiger partial charge is 0.320 e. The zero-order valence-corrected chi connectivity index (χ0v) is 6.62. The third-order valence-corrected chi connectivity index (χ3v) is 1.27. The Kier molecular flexibility index (Phi) is 8.72. The summed E-state index contributed by atoms with van der Waals surface area (Å²) in [5, 5.41) is 6.19. The maximum Gasteiger partial charge on any atom is 0.0906 e. The number of alkyl halides is 1. The molecular weight excluding hydrogens is 131 g/mol. The molecule has 0 aromatic carbocycles. The molecule has 0 aromatic rings. The van der Waals surface area contributed by atoms with Gasteiger partial charge in [0.15, 0.2) is 0 Å². The van der Waals surface area contributed by atoms with Gasteiger partial charge >= 0.3 is 0 Å². The first-order chi connectivity index (χ1) is 4.91. The highest BCUT2D eigenvalue weighted by molar-refractivity contribution is 4.48. The molecule has 0 fully saturated rings. The predicted molar refractivity (Wildman–Crippen MR) is 42.0 cm³/mol. The standard InChI is InChI=1S/C7H17FN2/c1-9-5-3-7-10-6-2-4-8/h9-10H,2-7H2,1H3. The van der Waals surface area contributed by atoms with Gasteiger partial charge in [-0.05, 0) is 39.5 Å². The molecule has 62 valence electrons. The zero-order chi connectivity index (χ0) is 7.66. The molecule has 0 aliphatic rings. The lowest BCUT2D eigenvalue weighted by Crippen LogP contribution is -2.20. The van der Waals surface area contributed by atoms with E-state index < -0.39 is 0 Å². The van der Waals surface area contributed by atoms with E-state index in [1.807, 2.05) is 7.05 Å². The molecule has 0 spiro atoms. The van der Waals surface area contributed by atoms with Crippen molar-refractivity contribution < 1.29 is 4.39 Å². The van der Waals surface area contributed by atoms with Crippen LogP contribution in [0.5, 0.6) is 0 Å². The van der Waals surface area contributed by atoms with Crippen molar-refractivity contribution in [3.63, 3.8) is 0 Å². The molecule has 0 radical (unpaired) electrons. The van der Waals surface area contributed by atoms with Crippen LogP contribution in [-0.2, 0) is 0 Å². The molecule has 2 N–H and O–H groups in total. The Bertz CT molecular complexity index is 51.6. The van der Waals surface area contributed by atoms with Crippen LogP contribution in [-0.4, -0.2) is 33.4 Å². The first kappa shape index (κ1) is 9.85. The van der Waals surface area contributed by atoms with Gasteiger partial charge in [0, 0.05) is 0 Å². The minimum absolute atomic E-state index is 0.209. The van der Waals surface area contributed by atoms with Crippen molar-refractivity contribution in [3.05, 3.63) is 0 Å². The van der Waals surface area contributed by atoms with Crippen LogP contribution in [0.1, 0.15) is 12.8 Å². The molecule has 0 saturated carbocycles. The van der Waals surface area contributed by atoms with Gasteiger partial charge in [0.2, 0.25) is 0 Å². The van der Waals surface area contributed by atoms with Crippen molar-refractivity contribution in [1.29, 1.82) is 0 Å². The van der Waals surface area contributed by atoms with Crippen molar-refractivity contribution in [2.75, 3.05) is 33.4 Å². The van der Waals surface area contributed by atoms with E-state index in [9.17, 15) is 4.39 Å². The average molecular weight is 148 g/mol. The lowest BCUT2D eigenvalue weighted by molar-refractivity contribution is 0.458. The third-order valence-electron chi connectivity index (χ3n) is 1.27. The molecule has 0 heterocycles. The van der Waals surface area contributed by atoms with Crippen molar-refractivity contribution >= 4 is 0 Å². The van der Waals surface area contributed by atoms with Crippen LogP contribution in [0, 0.1) is 0 Å². The first-order valence-corrected chi connectivity index (χ1v) is 3.83. The lowest BCUT2D eigenvalue weighted by Gasteiger charge is -2.01. The Balaban J connectivity index is 2.65. The molecule has 0 unspecified atom stereocenters. The van der Waals surface area contributed by atoms with Gasteiger partial charge in [-0.3, -0.25) is 4.39 Å². The predicted octanol–water partition coefficient (Wildman–Crippen LogP) is 0.545. The second kappa shape index (κ2) is 8.85. The van der Waals surface area contributed by atoms with E-state index in [1.54, 1.807) is 0 Å². The highest BCUT2D eigenvalue weighted by Gasteiger charge is 1.86. The summed E-state index contributed by atoms with van der Waals surface area (Å²) < 4.78 is 11.5. The Morgan fingerprint density at radius 2 is 1.80 bits per heavy atom. The van der Waals surface area contributed by atoms with Crippen LogP contribution in [0.2, 0.25) is 0 Å². The van der Waals surface area contributed by atoms with Crippen molar-refractivity contribution in [2.24, 2.45) is 0 Å². The maximum absolute atomic E-state index is 11.5. The quantitative estimate of drug-likeness (QED) is 0.515. The Morgan fingerprint density at radius 3 is 2.40 bits per heavy atom. The van der Waals surface area contributed by atoms with E-state index in [4.69, 9.17) is 0 Å². The van der Waals surface area contributed by atoms with Gasteiger partial charge in [-0.1, -0.05) is 0 Å². The zero-order valence-electron chi connectivity index (χ0n) is 6.62. The second-order valence-corrected chi connectivity index (χ2v) is 2.25. The van der Waals surface area contributed by atoms with Gasteiger partial charge in [0.05, 0.1) is 6.67 Å². The fraction of sp³-hybridized carbons (Fsp3) is 1.00. The Morgan fingerprint density at radius 1 is 1.10 bits per heavy atom.